The zero-order valence-electron chi connectivity index (χ0n) is 13.1. The van der Waals surface area contributed by atoms with Gasteiger partial charge in [-0.3, -0.25) is 4.79 Å². The van der Waals surface area contributed by atoms with E-state index in [0.29, 0.717) is 18.6 Å². The summed E-state index contributed by atoms with van der Waals surface area (Å²) in [6, 6.07) is 3.43. The second kappa shape index (κ2) is 4.07. The highest BCUT2D eigenvalue weighted by atomic mass is 35.5. The van der Waals surface area contributed by atoms with Gasteiger partial charge in [-0.25, -0.2) is 0 Å². The highest BCUT2D eigenvalue weighted by Gasteiger charge is 2.82. The number of carbonyl (C=O) groups is 1. The second-order valence-electron chi connectivity index (χ2n) is 7.57. The number of ketones is 1. The van der Waals surface area contributed by atoms with Crippen molar-refractivity contribution in [1.82, 2.24) is 4.90 Å². The van der Waals surface area contributed by atoms with E-state index in [1.165, 1.54) is 0 Å². The molecule has 0 amide bonds. The molecule has 1 saturated carbocycles. The Bertz CT molecular complexity index is 799. The average Bonchev–Trinajstić information content (AvgIpc) is 3.25. The lowest BCUT2D eigenvalue weighted by Gasteiger charge is -2.60. The van der Waals surface area contributed by atoms with Gasteiger partial charge >= 0.3 is 0 Å². The molecule has 3 heterocycles. The Hall–Kier alpha value is -1.34. The smallest absolute Gasteiger partial charge is 0.205 e. The molecule has 1 aromatic carbocycles. The number of aliphatic hydroxyl groups is 1. The van der Waals surface area contributed by atoms with E-state index in [2.05, 4.69) is 4.90 Å². The number of fused-ring (bicyclic) bond motifs is 1. The number of piperidine rings is 1. The van der Waals surface area contributed by atoms with Gasteiger partial charge in [0.1, 0.15) is 17.8 Å². The number of likely N-dealkylation sites (N-methyl/N-ethyl adjacent to an activating group) is 1. The minimum absolute atomic E-state index is 0. The van der Waals surface area contributed by atoms with Gasteiger partial charge in [0.2, 0.25) is 5.78 Å². The first kappa shape index (κ1) is 15.0. The molecule has 2 aliphatic carbocycles. The van der Waals surface area contributed by atoms with E-state index >= 15 is 0 Å². The first-order chi connectivity index (χ1) is 11.0. The Morgan fingerprint density at radius 3 is 2.96 bits per heavy atom. The standard InChI is InChI=1S/C17H17NO5.ClH/c1-18-5-4-16-10-7-2-3-8(19)12(10)22-14(16)11(20)13-15(23-13)17(16,21)9(18)6-7;/h2-3,9,13-15,19,21H,4-6H2,1H3;1H/t9-,13?,14+,15?,16+,17+;/m1./s1. The summed E-state index contributed by atoms with van der Waals surface area (Å²) in [6.45, 7) is 0.784. The Balaban J connectivity index is 0.00000131. The number of halogens is 1. The number of hydrogen-bond donors (Lipinski definition) is 2. The van der Waals surface area contributed by atoms with Crippen LogP contribution in [0.2, 0.25) is 0 Å². The van der Waals surface area contributed by atoms with Gasteiger partial charge in [-0.05, 0) is 38.1 Å². The van der Waals surface area contributed by atoms with Crippen LogP contribution in [0.3, 0.4) is 0 Å². The van der Waals surface area contributed by atoms with Crippen molar-refractivity contribution in [2.75, 3.05) is 13.6 Å². The molecule has 24 heavy (non-hydrogen) atoms. The third kappa shape index (κ3) is 1.23. The second-order valence-corrected chi connectivity index (χ2v) is 7.57. The maximum atomic E-state index is 12.8. The van der Waals surface area contributed by atoms with Crippen molar-refractivity contribution in [3.8, 4) is 11.5 Å². The minimum atomic E-state index is -1.14. The number of nitrogens with zero attached hydrogens (tertiary/aromatic N) is 1. The predicted molar refractivity (Wildman–Crippen MR) is 84.8 cm³/mol. The molecule has 3 fully saturated rings. The van der Waals surface area contributed by atoms with Gasteiger partial charge in [-0.2, -0.15) is 0 Å². The lowest BCUT2D eigenvalue weighted by molar-refractivity contribution is -0.181. The number of likely N-dealkylation sites (tertiary alicyclic amines) is 1. The third-order valence-electron chi connectivity index (χ3n) is 6.84. The Kier molecular flexibility index (Phi) is 2.54. The van der Waals surface area contributed by atoms with Crippen LogP contribution in [0.25, 0.3) is 0 Å². The zero-order chi connectivity index (χ0) is 15.7. The topological polar surface area (TPSA) is 82.5 Å². The van der Waals surface area contributed by atoms with Crippen molar-refractivity contribution >= 4 is 18.2 Å². The molecular formula is C17H18ClNO5. The molecule has 1 aromatic rings. The molecule has 3 aliphatic heterocycles. The summed E-state index contributed by atoms with van der Waals surface area (Å²) >= 11 is 0. The minimum Gasteiger partial charge on any atom is -0.504 e. The maximum Gasteiger partial charge on any atom is 0.205 e. The number of phenolic OH excluding ortho intramolecular Hbond substituents is 1. The summed E-state index contributed by atoms with van der Waals surface area (Å²) in [5.74, 6) is 0.352. The fourth-order valence-electron chi connectivity index (χ4n) is 5.83. The first-order valence-corrected chi connectivity index (χ1v) is 8.14. The van der Waals surface area contributed by atoms with E-state index < -0.39 is 29.3 Å². The highest BCUT2D eigenvalue weighted by Crippen LogP contribution is 2.67. The number of epoxide rings is 1. The summed E-state index contributed by atoms with van der Waals surface area (Å²) in [7, 11) is 2.01. The van der Waals surface area contributed by atoms with Gasteiger partial charge in [0.25, 0.3) is 0 Å². The van der Waals surface area contributed by atoms with Gasteiger partial charge < -0.3 is 24.6 Å². The van der Waals surface area contributed by atoms with E-state index in [9.17, 15) is 15.0 Å². The lowest BCUT2D eigenvalue weighted by Crippen LogP contribution is -2.78. The quantitative estimate of drug-likeness (QED) is 0.648. The van der Waals surface area contributed by atoms with Crippen LogP contribution in [-0.4, -0.2) is 64.4 Å². The molecule has 2 bridgehead atoms. The van der Waals surface area contributed by atoms with Crippen LogP contribution >= 0.6 is 12.4 Å². The van der Waals surface area contributed by atoms with Crippen LogP contribution in [0.1, 0.15) is 17.5 Å². The van der Waals surface area contributed by atoms with Crippen molar-refractivity contribution in [2.45, 2.75) is 48.2 Å². The van der Waals surface area contributed by atoms with E-state index in [4.69, 9.17) is 9.47 Å². The fourth-order valence-corrected chi connectivity index (χ4v) is 5.83. The fraction of sp³-hybridized carbons (Fsp3) is 0.588. The van der Waals surface area contributed by atoms with Crippen LogP contribution in [0.5, 0.6) is 11.5 Å². The van der Waals surface area contributed by atoms with Crippen LogP contribution in [0.4, 0.5) is 0 Å². The van der Waals surface area contributed by atoms with Crippen molar-refractivity contribution in [3.05, 3.63) is 23.3 Å². The number of aromatic hydroxyl groups is 1. The van der Waals surface area contributed by atoms with E-state index in [1.54, 1.807) is 6.07 Å². The van der Waals surface area contributed by atoms with Crippen LogP contribution < -0.4 is 4.74 Å². The molecule has 6 atom stereocenters. The Morgan fingerprint density at radius 1 is 1.38 bits per heavy atom. The number of benzene rings is 1. The largest absolute Gasteiger partial charge is 0.504 e. The van der Waals surface area contributed by atoms with Crippen molar-refractivity contribution in [1.29, 1.82) is 0 Å². The van der Waals surface area contributed by atoms with E-state index in [0.717, 1.165) is 17.7 Å². The monoisotopic (exact) mass is 351 g/mol. The molecule has 6 nitrogen and oxygen atoms in total. The van der Waals surface area contributed by atoms with Gasteiger partial charge in [-0.15, -0.1) is 12.4 Å². The molecular weight excluding hydrogens is 334 g/mol. The Morgan fingerprint density at radius 2 is 2.17 bits per heavy atom. The summed E-state index contributed by atoms with van der Waals surface area (Å²) < 4.78 is 11.6. The molecule has 6 rings (SSSR count). The summed E-state index contributed by atoms with van der Waals surface area (Å²) in [5, 5.41) is 22.1. The SMILES string of the molecule is CN1CC[C@]23c4c5ccc(O)c4O[C@H]2C(=O)C2OC2[C@@]3(O)[C@H]1C5.Cl. The van der Waals surface area contributed by atoms with Crippen molar-refractivity contribution in [3.63, 3.8) is 0 Å². The summed E-state index contributed by atoms with van der Waals surface area (Å²) in [4.78, 5) is 14.9. The molecule has 0 radical (unpaired) electrons. The third-order valence-corrected chi connectivity index (χ3v) is 6.84. The molecule has 2 saturated heterocycles. The van der Waals surface area contributed by atoms with Crippen LogP contribution in [0, 0.1) is 0 Å². The molecule has 5 aliphatic rings. The first-order valence-electron chi connectivity index (χ1n) is 8.14. The zero-order valence-corrected chi connectivity index (χ0v) is 13.9. The predicted octanol–water partition coefficient (Wildman–Crippen LogP) is 0.154. The van der Waals surface area contributed by atoms with Gasteiger partial charge in [0, 0.05) is 11.6 Å². The average molecular weight is 352 g/mol. The molecule has 128 valence electrons. The number of hydrogen-bond acceptors (Lipinski definition) is 6. The number of carbonyl (C=O) groups excluding carboxylic acids is 1. The molecule has 1 spiro atoms. The lowest BCUT2D eigenvalue weighted by atomic mass is 9.49. The summed E-state index contributed by atoms with van der Waals surface area (Å²) in [5.41, 5.74) is -0.0272. The normalized spacial score (nSPS) is 46.5. The van der Waals surface area contributed by atoms with Gasteiger partial charge in [0.05, 0.1) is 5.41 Å². The highest BCUT2D eigenvalue weighted by molar-refractivity contribution is 5.96. The molecule has 2 N–H and O–H groups in total. The number of Topliss-reactive ketones (excluding diaryl/α,β-unsaturated/α-hetero) is 1. The maximum absolute atomic E-state index is 12.8. The molecule has 7 heteroatoms. The van der Waals surface area contributed by atoms with E-state index in [-0.39, 0.29) is 30.0 Å². The summed E-state index contributed by atoms with van der Waals surface area (Å²) in [6.07, 6.45) is -0.471. The van der Waals surface area contributed by atoms with E-state index in [1.807, 2.05) is 13.1 Å². The van der Waals surface area contributed by atoms with Crippen molar-refractivity contribution < 1.29 is 24.5 Å². The molecule has 2 unspecified atom stereocenters. The van der Waals surface area contributed by atoms with Gasteiger partial charge in [-0.1, -0.05) is 6.07 Å². The number of rotatable bonds is 0. The van der Waals surface area contributed by atoms with Crippen LogP contribution in [0.15, 0.2) is 12.1 Å². The number of ether oxygens (including phenoxy) is 2. The van der Waals surface area contributed by atoms with Crippen LogP contribution in [-0.2, 0) is 21.4 Å². The van der Waals surface area contributed by atoms with Crippen molar-refractivity contribution in [2.24, 2.45) is 0 Å². The Labute approximate surface area is 144 Å². The van der Waals surface area contributed by atoms with Gasteiger partial charge in [0.15, 0.2) is 17.6 Å². The molecule has 0 aromatic heterocycles. The number of phenols is 1.